The van der Waals surface area contributed by atoms with E-state index in [1.807, 2.05) is 12.1 Å². The van der Waals surface area contributed by atoms with Gasteiger partial charge in [-0.05, 0) is 60.9 Å². The fraction of sp³-hybridized carbons (Fsp3) is 0.536. The Morgan fingerprint density at radius 1 is 1.11 bits per heavy atom. The molecule has 1 aliphatic heterocycles. The van der Waals surface area contributed by atoms with Crippen molar-refractivity contribution in [1.82, 2.24) is 10.6 Å². The number of halogens is 2. The first-order valence-electron chi connectivity index (χ1n) is 12.7. The van der Waals surface area contributed by atoms with E-state index in [-0.39, 0.29) is 30.9 Å². The predicted molar refractivity (Wildman–Crippen MR) is 133 cm³/mol. The third-order valence-electron chi connectivity index (χ3n) is 6.60. The van der Waals surface area contributed by atoms with Crippen LogP contribution >= 0.6 is 0 Å². The molecule has 0 aliphatic carbocycles. The summed E-state index contributed by atoms with van der Waals surface area (Å²) in [5, 5.41) is 17.2. The maximum absolute atomic E-state index is 13.8. The number of aryl methyl sites for hydroxylation is 1. The van der Waals surface area contributed by atoms with Crippen LogP contribution < -0.4 is 10.6 Å². The molecule has 2 aromatic rings. The van der Waals surface area contributed by atoms with Crippen molar-refractivity contribution in [3.8, 4) is 0 Å². The summed E-state index contributed by atoms with van der Waals surface area (Å²) in [4.78, 5) is 13.1. The molecule has 4 atom stereocenters. The summed E-state index contributed by atoms with van der Waals surface area (Å²) >= 11 is 0. The molecular formula is C28H38F2N2O3. The third-order valence-corrected chi connectivity index (χ3v) is 6.60. The second kappa shape index (κ2) is 13.7. The Balaban J connectivity index is 1.65. The lowest BCUT2D eigenvalue weighted by molar-refractivity contribution is -0.131. The molecule has 1 heterocycles. The minimum absolute atomic E-state index is 0.0609. The largest absolute Gasteiger partial charge is 0.390 e. The molecule has 192 valence electrons. The molecule has 3 N–H and O–H groups in total. The van der Waals surface area contributed by atoms with Crippen LogP contribution in [0.4, 0.5) is 8.78 Å². The maximum Gasteiger partial charge on any atom is 0.223 e. The summed E-state index contributed by atoms with van der Waals surface area (Å²) in [7, 11) is 0. The topological polar surface area (TPSA) is 70.6 Å². The van der Waals surface area contributed by atoms with Crippen LogP contribution in [0.5, 0.6) is 0 Å². The fourth-order valence-corrected chi connectivity index (χ4v) is 4.67. The van der Waals surface area contributed by atoms with E-state index < -0.39 is 23.8 Å². The van der Waals surface area contributed by atoms with Gasteiger partial charge in [0.15, 0.2) is 0 Å². The molecule has 35 heavy (non-hydrogen) atoms. The molecule has 4 unspecified atom stereocenters. The van der Waals surface area contributed by atoms with E-state index in [1.165, 1.54) is 17.7 Å². The highest BCUT2D eigenvalue weighted by atomic mass is 19.1. The van der Waals surface area contributed by atoms with Crippen LogP contribution in [-0.2, 0) is 28.9 Å². The molecule has 0 aromatic heterocycles. The van der Waals surface area contributed by atoms with Crippen molar-refractivity contribution in [2.75, 3.05) is 13.2 Å². The molecule has 0 saturated carbocycles. The number of rotatable bonds is 12. The van der Waals surface area contributed by atoms with E-state index in [4.69, 9.17) is 4.74 Å². The first-order chi connectivity index (χ1) is 16.9. The van der Waals surface area contributed by atoms with E-state index in [1.54, 1.807) is 0 Å². The number of nitrogens with one attached hydrogen (secondary N) is 2. The highest BCUT2D eigenvalue weighted by Gasteiger charge is 2.30. The van der Waals surface area contributed by atoms with Crippen LogP contribution in [0.3, 0.4) is 0 Å². The van der Waals surface area contributed by atoms with E-state index >= 15 is 0 Å². The first kappa shape index (κ1) is 27.2. The Morgan fingerprint density at radius 2 is 1.86 bits per heavy atom. The van der Waals surface area contributed by atoms with Crippen molar-refractivity contribution in [2.24, 2.45) is 5.92 Å². The van der Waals surface area contributed by atoms with Crippen LogP contribution in [0.1, 0.15) is 56.2 Å². The van der Waals surface area contributed by atoms with Gasteiger partial charge in [0, 0.05) is 31.7 Å². The monoisotopic (exact) mass is 488 g/mol. The number of aliphatic hydroxyl groups is 1. The second-order valence-electron chi connectivity index (χ2n) is 9.47. The Kier molecular flexibility index (Phi) is 10.6. The van der Waals surface area contributed by atoms with Crippen LogP contribution in [0.2, 0.25) is 0 Å². The van der Waals surface area contributed by atoms with Gasteiger partial charge in [-0.3, -0.25) is 4.79 Å². The zero-order chi connectivity index (χ0) is 25.2. The van der Waals surface area contributed by atoms with Gasteiger partial charge in [-0.25, -0.2) is 8.78 Å². The fourth-order valence-electron chi connectivity index (χ4n) is 4.67. The molecule has 1 fully saturated rings. The minimum atomic E-state index is -0.939. The predicted octanol–water partition coefficient (Wildman–Crippen LogP) is 4.30. The van der Waals surface area contributed by atoms with Gasteiger partial charge in [0.05, 0.1) is 18.2 Å². The second-order valence-corrected chi connectivity index (χ2v) is 9.47. The van der Waals surface area contributed by atoms with Gasteiger partial charge in [0.1, 0.15) is 11.6 Å². The summed E-state index contributed by atoms with van der Waals surface area (Å²) in [5.74, 6) is -1.71. The Labute approximate surface area is 207 Å². The number of hydrogen-bond donors (Lipinski definition) is 3. The Bertz CT molecular complexity index is 933. The Hall–Kier alpha value is -2.35. The van der Waals surface area contributed by atoms with E-state index in [0.717, 1.165) is 30.9 Å². The molecule has 3 rings (SSSR count). The van der Waals surface area contributed by atoms with E-state index in [9.17, 15) is 18.7 Å². The van der Waals surface area contributed by atoms with Crippen LogP contribution in [0, 0.1) is 17.6 Å². The van der Waals surface area contributed by atoms with Gasteiger partial charge in [0.25, 0.3) is 0 Å². The molecule has 0 bridgehead atoms. The van der Waals surface area contributed by atoms with Gasteiger partial charge >= 0.3 is 0 Å². The summed E-state index contributed by atoms with van der Waals surface area (Å²) in [6.45, 7) is 5.51. The lowest BCUT2D eigenvalue weighted by Gasteiger charge is -2.31. The molecule has 0 radical (unpaired) electrons. The molecule has 1 saturated heterocycles. The smallest absolute Gasteiger partial charge is 0.223 e. The minimum Gasteiger partial charge on any atom is -0.390 e. The number of carbonyl (C=O) groups is 1. The molecule has 7 heteroatoms. The third kappa shape index (κ3) is 8.67. The van der Waals surface area contributed by atoms with E-state index in [0.29, 0.717) is 31.6 Å². The van der Waals surface area contributed by atoms with Crippen LogP contribution in [-0.4, -0.2) is 42.4 Å². The number of amides is 1. The standard InChI is InChI=1S/C28H38F2N2O3/c1-3-6-25-15-22(9-10-35-25)28(34)32-26(14-21-12-23(29)16-24(30)13-21)27(33)18-31-17-20-8-5-7-19(4-2)11-20/h5,7-8,11-13,16,22,25-27,31,33H,3-4,6,9-10,14-15,17-18H2,1-2H3,(H,32,34). The summed E-state index contributed by atoms with van der Waals surface area (Å²) in [6, 6.07) is 10.8. The quantitative estimate of drug-likeness (QED) is 0.417. The lowest BCUT2D eigenvalue weighted by atomic mass is 9.91. The molecule has 2 aromatic carbocycles. The Morgan fingerprint density at radius 3 is 2.57 bits per heavy atom. The zero-order valence-electron chi connectivity index (χ0n) is 20.7. The van der Waals surface area contributed by atoms with Crippen LogP contribution in [0.25, 0.3) is 0 Å². The van der Waals surface area contributed by atoms with Crippen molar-refractivity contribution < 1.29 is 23.4 Å². The van der Waals surface area contributed by atoms with Gasteiger partial charge in [0.2, 0.25) is 5.91 Å². The summed E-state index contributed by atoms with van der Waals surface area (Å²) < 4.78 is 33.3. The lowest BCUT2D eigenvalue weighted by Crippen LogP contribution is -2.51. The molecule has 5 nitrogen and oxygen atoms in total. The van der Waals surface area contributed by atoms with Gasteiger partial charge in [-0.15, -0.1) is 0 Å². The van der Waals surface area contributed by atoms with Crippen molar-refractivity contribution in [3.63, 3.8) is 0 Å². The van der Waals surface area contributed by atoms with Crippen molar-refractivity contribution in [2.45, 2.75) is 77.2 Å². The molecule has 0 spiro atoms. The number of carbonyl (C=O) groups excluding carboxylic acids is 1. The SMILES string of the molecule is CCCC1CC(C(=O)NC(Cc2cc(F)cc(F)c2)C(O)CNCc2cccc(CC)c2)CCO1. The first-order valence-corrected chi connectivity index (χ1v) is 12.7. The summed E-state index contributed by atoms with van der Waals surface area (Å²) in [5.41, 5.74) is 2.73. The van der Waals surface area contributed by atoms with Crippen LogP contribution in [0.15, 0.2) is 42.5 Å². The normalized spacial score (nSPS) is 19.8. The van der Waals surface area contributed by atoms with Gasteiger partial charge < -0.3 is 20.5 Å². The molecular weight excluding hydrogens is 450 g/mol. The van der Waals surface area contributed by atoms with Gasteiger partial charge in [-0.1, -0.05) is 44.5 Å². The average Bonchev–Trinajstić information content (AvgIpc) is 2.83. The maximum atomic E-state index is 13.8. The molecule has 1 amide bonds. The number of benzene rings is 2. The van der Waals surface area contributed by atoms with Crippen molar-refractivity contribution in [1.29, 1.82) is 0 Å². The van der Waals surface area contributed by atoms with E-state index in [2.05, 4.69) is 36.6 Å². The van der Waals surface area contributed by atoms with Crippen molar-refractivity contribution in [3.05, 3.63) is 70.8 Å². The summed E-state index contributed by atoms with van der Waals surface area (Å²) in [6.07, 6.45) is 3.34. The highest BCUT2D eigenvalue weighted by molar-refractivity contribution is 5.79. The number of aliphatic hydroxyl groups excluding tert-OH is 1. The zero-order valence-corrected chi connectivity index (χ0v) is 20.7. The van der Waals surface area contributed by atoms with Crippen molar-refractivity contribution >= 4 is 5.91 Å². The highest BCUT2D eigenvalue weighted by Crippen LogP contribution is 2.24. The molecule has 1 aliphatic rings. The number of ether oxygens (including phenoxy) is 1. The number of hydrogen-bond acceptors (Lipinski definition) is 4. The average molecular weight is 489 g/mol. The van der Waals surface area contributed by atoms with Gasteiger partial charge in [-0.2, -0.15) is 0 Å².